The van der Waals surface area contributed by atoms with Crippen molar-refractivity contribution in [1.82, 2.24) is 14.9 Å². The number of carbonyl (C=O) groups is 2. The van der Waals surface area contributed by atoms with Gasteiger partial charge < -0.3 is 10.2 Å². The molecule has 0 spiro atoms. The van der Waals surface area contributed by atoms with E-state index in [9.17, 15) is 9.59 Å². The number of hydrogen-bond donors (Lipinski definition) is 1. The number of carbonyl (C=O) groups excluding carboxylic acids is 2. The molecule has 0 radical (unpaired) electrons. The number of amides is 1. The van der Waals surface area contributed by atoms with Crippen LogP contribution in [0.5, 0.6) is 0 Å². The molecule has 0 aliphatic carbocycles. The summed E-state index contributed by atoms with van der Waals surface area (Å²) in [5.74, 6) is 0.899. The SMILES string of the molecule is CC(=O)c1ccc(NC(=O)CN(C)C2CN(c3ncncc3C)C2)cc1. The van der Waals surface area contributed by atoms with Crippen molar-refractivity contribution in [3.05, 3.63) is 47.9 Å². The monoisotopic (exact) mass is 353 g/mol. The van der Waals surface area contributed by atoms with Crippen LogP contribution < -0.4 is 10.2 Å². The van der Waals surface area contributed by atoms with Crippen LogP contribution in [0.25, 0.3) is 0 Å². The molecule has 1 saturated heterocycles. The zero-order valence-electron chi connectivity index (χ0n) is 15.3. The maximum Gasteiger partial charge on any atom is 0.238 e. The molecule has 7 heteroatoms. The van der Waals surface area contributed by atoms with Gasteiger partial charge in [-0.2, -0.15) is 0 Å². The number of hydrogen-bond acceptors (Lipinski definition) is 6. The van der Waals surface area contributed by atoms with Gasteiger partial charge in [0.2, 0.25) is 5.91 Å². The first-order valence-electron chi connectivity index (χ1n) is 8.56. The lowest BCUT2D eigenvalue weighted by Gasteiger charge is -2.44. The molecule has 136 valence electrons. The average Bonchev–Trinajstić information content (AvgIpc) is 2.55. The van der Waals surface area contributed by atoms with Crippen LogP contribution in [0.4, 0.5) is 11.5 Å². The Morgan fingerprint density at radius 2 is 1.96 bits per heavy atom. The minimum absolute atomic E-state index is 0.0103. The molecule has 2 heterocycles. The van der Waals surface area contributed by atoms with Gasteiger partial charge in [-0.15, -0.1) is 0 Å². The fourth-order valence-corrected chi connectivity index (χ4v) is 2.98. The average molecular weight is 353 g/mol. The number of likely N-dealkylation sites (N-methyl/N-ethyl adjacent to an activating group) is 1. The Hall–Kier alpha value is -2.80. The van der Waals surface area contributed by atoms with Crippen molar-refractivity contribution in [1.29, 1.82) is 0 Å². The molecule has 1 amide bonds. The first-order valence-corrected chi connectivity index (χ1v) is 8.56. The van der Waals surface area contributed by atoms with Gasteiger partial charge in [-0.05, 0) is 45.2 Å². The summed E-state index contributed by atoms with van der Waals surface area (Å²) in [6, 6.07) is 7.25. The first kappa shape index (κ1) is 18.0. The fraction of sp³-hybridized carbons (Fsp3) is 0.368. The molecule has 0 unspecified atom stereocenters. The Morgan fingerprint density at radius 1 is 1.27 bits per heavy atom. The highest BCUT2D eigenvalue weighted by molar-refractivity contribution is 5.96. The van der Waals surface area contributed by atoms with E-state index in [0.717, 1.165) is 24.5 Å². The third kappa shape index (κ3) is 4.05. The number of aromatic nitrogens is 2. The van der Waals surface area contributed by atoms with Crippen LogP contribution in [0.15, 0.2) is 36.8 Å². The van der Waals surface area contributed by atoms with Crippen LogP contribution in [0.3, 0.4) is 0 Å². The maximum atomic E-state index is 12.2. The summed E-state index contributed by atoms with van der Waals surface area (Å²) in [5, 5.41) is 2.87. The molecule has 1 N–H and O–H groups in total. The molecule has 1 aromatic heterocycles. The Bertz CT molecular complexity index is 800. The van der Waals surface area contributed by atoms with Gasteiger partial charge in [0.15, 0.2) is 5.78 Å². The van der Waals surface area contributed by atoms with Crippen LogP contribution >= 0.6 is 0 Å². The molecule has 2 aromatic rings. The summed E-state index contributed by atoms with van der Waals surface area (Å²) < 4.78 is 0. The topological polar surface area (TPSA) is 78.4 Å². The van der Waals surface area contributed by atoms with E-state index in [4.69, 9.17) is 0 Å². The lowest BCUT2D eigenvalue weighted by atomic mass is 10.1. The Kier molecular flexibility index (Phi) is 5.27. The molecule has 1 aromatic carbocycles. The van der Waals surface area contributed by atoms with Gasteiger partial charge in [-0.25, -0.2) is 9.97 Å². The van der Waals surface area contributed by atoms with E-state index in [1.807, 2.05) is 25.1 Å². The van der Waals surface area contributed by atoms with Crippen molar-refractivity contribution < 1.29 is 9.59 Å². The summed E-state index contributed by atoms with van der Waals surface area (Å²) in [6.07, 6.45) is 3.37. The smallest absolute Gasteiger partial charge is 0.238 e. The van der Waals surface area contributed by atoms with E-state index in [1.54, 1.807) is 30.6 Å². The number of benzene rings is 1. The van der Waals surface area contributed by atoms with Crippen molar-refractivity contribution in [2.24, 2.45) is 0 Å². The molecule has 1 aliphatic heterocycles. The number of nitrogens with zero attached hydrogens (tertiary/aromatic N) is 4. The molecule has 0 saturated carbocycles. The van der Waals surface area contributed by atoms with Crippen LogP contribution in [0.2, 0.25) is 0 Å². The van der Waals surface area contributed by atoms with Crippen molar-refractivity contribution in [3.8, 4) is 0 Å². The molecule has 7 nitrogen and oxygen atoms in total. The predicted molar refractivity (Wildman–Crippen MR) is 100 cm³/mol. The zero-order chi connectivity index (χ0) is 18.7. The van der Waals surface area contributed by atoms with Crippen molar-refractivity contribution in [3.63, 3.8) is 0 Å². The molecule has 26 heavy (non-hydrogen) atoms. The van der Waals surface area contributed by atoms with Gasteiger partial charge in [0.1, 0.15) is 12.1 Å². The van der Waals surface area contributed by atoms with Crippen LogP contribution in [0.1, 0.15) is 22.8 Å². The van der Waals surface area contributed by atoms with Gasteiger partial charge in [0.25, 0.3) is 0 Å². The van der Waals surface area contributed by atoms with E-state index in [1.165, 1.54) is 6.92 Å². The number of ketones is 1. The highest BCUT2D eigenvalue weighted by Gasteiger charge is 2.32. The number of aryl methyl sites for hydroxylation is 1. The third-order valence-corrected chi connectivity index (χ3v) is 4.62. The summed E-state index contributed by atoms with van der Waals surface area (Å²) in [6.45, 7) is 5.52. The van der Waals surface area contributed by atoms with Gasteiger partial charge in [0, 0.05) is 42.1 Å². The van der Waals surface area contributed by atoms with E-state index >= 15 is 0 Å². The van der Waals surface area contributed by atoms with Gasteiger partial charge in [0.05, 0.1) is 6.54 Å². The van der Waals surface area contributed by atoms with Crippen LogP contribution in [0, 0.1) is 6.92 Å². The van der Waals surface area contributed by atoms with Gasteiger partial charge >= 0.3 is 0 Å². The molecule has 1 aliphatic rings. The lowest BCUT2D eigenvalue weighted by Crippen LogP contribution is -2.60. The highest BCUT2D eigenvalue weighted by Crippen LogP contribution is 2.23. The summed E-state index contributed by atoms with van der Waals surface area (Å²) in [7, 11) is 1.95. The largest absolute Gasteiger partial charge is 0.353 e. The number of Topliss-reactive ketones (excluding diaryl/α,β-unsaturated/α-hetero) is 1. The van der Waals surface area contributed by atoms with E-state index < -0.39 is 0 Å². The van der Waals surface area contributed by atoms with Gasteiger partial charge in [-0.1, -0.05) is 0 Å². The molecular weight excluding hydrogens is 330 g/mol. The van der Waals surface area contributed by atoms with Crippen molar-refractivity contribution in [2.75, 3.05) is 36.9 Å². The van der Waals surface area contributed by atoms with E-state index in [0.29, 0.717) is 23.8 Å². The predicted octanol–water partition coefficient (Wildman–Crippen LogP) is 1.75. The highest BCUT2D eigenvalue weighted by atomic mass is 16.2. The van der Waals surface area contributed by atoms with Gasteiger partial charge in [-0.3, -0.25) is 14.5 Å². The standard InChI is InChI=1S/C19H23N5O2/c1-13-8-20-12-21-19(13)24-9-17(10-24)23(3)11-18(26)22-16-6-4-15(5-7-16)14(2)25/h4-8,12,17H,9-11H2,1-3H3,(H,22,26). The van der Waals surface area contributed by atoms with Crippen molar-refractivity contribution >= 4 is 23.2 Å². The number of anilines is 2. The zero-order valence-corrected chi connectivity index (χ0v) is 15.3. The fourth-order valence-electron chi connectivity index (χ4n) is 2.98. The quantitative estimate of drug-likeness (QED) is 0.797. The Labute approximate surface area is 153 Å². The summed E-state index contributed by atoms with van der Waals surface area (Å²) >= 11 is 0. The van der Waals surface area contributed by atoms with E-state index in [-0.39, 0.29) is 11.7 Å². The van der Waals surface area contributed by atoms with Crippen LogP contribution in [-0.4, -0.2) is 59.3 Å². The molecule has 1 fully saturated rings. The molecule has 0 atom stereocenters. The summed E-state index contributed by atoms with van der Waals surface area (Å²) in [4.78, 5) is 36.1. The van der Waals surface area contributed by atoms with Crippen LogP contribution in [-0.2, 0) is 4.79 Å². The Morgan fingerprint density at radius 3 is 2.58 bits per heavy atom. The first-order chi connectivity index (χ1) is 12.4. The maximum absolute atomic E-state index is 12.2. The second-order valence-corrected chi connectivity index (χ2v) is 6.68. The lowest BCUT2D eigenvalue weighted by molar-refractivity contribution is -0.117. The number of nitrogens with one attached hydrogen (secondary N) is 1. The second kappa shape index (κ2) is 7.61. The number of rotatable bonds is 6. The molecule has 3 rings (SSSR count). The Balaban J connectivity index is 1.48. The molecular formula is C19H23N5O2. The normalized spacial score (nSPS) is 14.2. The molecule has 0 bridgehead atoms. The van der Waals surface area contributed by atoms with E-state index in [2.05, 4.69) is 20.2 Å². The minimum Gasteiger partial charge on any atom is -0.353 e. The van der Waals surface area contributed by atoms with Crippen molar-refractivity contribution in [2.45, 2.75) is 19.9 Å². The summed E-state index contributed by atoms with van der Waals surface area (Å²) in [5.41, 5.74) is 2.38. The third-order valence-electron chi connectivity index (χ3n) is 4.62. The minimum atomic E-state index is -0.0697. The second-order valence-electron chi connectivity index (χ2n) is 6.68.